The van der Waals surface area contributed by atoms with Gasteiger partial charge in [0.05, 0.1) is 0 Å². The highest BCUT2D eigenvalue weighted by molar-refractivity contribution is 5.89. The highest BCUT2D eigenvalue weighted by Gasteiger charge is 2.19. The van der Waals surface area contributed by atoms with Gasteiger partial charge in [0.1, 0.15) is 12.3 Å². The van der Waals surface area contributed by atoms with Crippen molar-refractivity contribution in [3.63, 3.8) is 0 Å². The molecule has 27 heavy (non-hydrogen) atoms. The van der Waals surface area contributed by atoms with Gasteiger partial charge in [-0.1, -0.05) is 30.3 Å². The zero-order chi connectivity index (χ0) is 19.1. The first kappa shape index (κ1) is 19.0. The summed E-state index contributed by atoms with van der Waals surface area (Å²) in [5, 5.41) is 3.34. The van der Waals surface area contributed by atoms with Crippen molar-refractivity contribution in [1.29, 1.82) is 0 Å². The van der Waals surface area contributed by atoms with E-state index in [4.69, 9.17) is 10.2 Å². The summed E-state index contributed by atoms with van der Waals surface area (Å²) in [6, 6.07) is 13.9. The maximum atomic E-state index is 11.1. The molecule has 1 aromatic carbocycles. The largest absolute Gasteiger partial charge is 0.454 e. The zero-order valence-corrected chi connectivity index (χ0v) is 15.7. The van der Waals surface area contributed by atoms with Crippen LogP contribution in [0, 0.1) is 0 Å². The van der Waals surface area contributed by atoms with Crippen LogP contribution in [0.4, 0.5) is 0 Å². The third-order valence-corrected chi connectivity index (χ3v) is 4.54. The van der Waals surface area contributed by atoms with Gasteiger partial charge in [-0.05, 0) is 24.6 Å². The quantitative estimate of drug-likeness (QED) is 0.597. The topological polar surface area (TPSA) is 87.1 Å². The second-order valence-electron chi connectivity index (χ2n) is 6.55. The van der Waals surface area contributed by atoms with Crippen LogP contribution >= 0.6 is 0 Å². The molecule has 1 fully saturated rings. The number of amides is 1. The van der Waals surface area contributed by atoms with Gasteiger partial charge in [-0.15, -0.1) is 0 Å². The average Bonchev–Trinajstić information content (AvgIpc) is 3.16. The lowest BCUT2D eigenvalue weighted by atomic mass is 10.2. The average molecular weight is 369 g/mol. The Bertz CT molecular complexity index is 764. The fraction of sp³-hybridized carbons (Fsp3) is 0.400. The number of piperazine rings is 1. The number of guanidine groups is 1. The molecule has 1 aliphatic rings. The zero-order valence-electron chi connectivity index (χ0n) is 15.7. The molecule has 1 amide bonds. The van der Waals surface area contributed by atoms with E-state index in [1.165, 1.54) is 5.56 Å². The highest BCUT2D eigenvalue weighted by Crippen LogP contribution is 2.11. The van der Waals surface area contributed by atoms with E-state index >= 15 is 0 Å². The van der Waals surface area contributed by atoms with Crippen LogP contribution < -0.4 is 11.1 Å². The predicted octanol–water partition coefficient (Wildman–Crippen LogP) is 1.66. The van der Waals surface area contributed by atoms with E-state index in [1.54, 1.807) is 12.1 Å². The van der Waals surface area contributed by atoms with E-state index in [2.05, 4.69) is 51.3 Å². The molecule has 0 aliphatic carbocycles. The van der Waals surface area contributed by atoms with Crippen molar-refractivity contribution in [3.05, 3.63) is 59.5 Å². The van der Waals surface area contributed by atoms with Gasteiger partial charge in [-0.3, -0.25) is 9.69 Å². The van der Waals surface area contributed by atoms with Crippen molar-refractivity contribution in [1.82, 2.24) is 15.1 Å². The molecule has 1 aliphatic heterocycles. The summed E-state index contributed by atoms with van der Waals surface area (Å²) in [5.74, 6) is 1.10. The monoisotopic (exact) mass is 369 g/mol. The van der Waals surface area contributed by atoms with Gasteiger partial charge in [0, 0.05) is 39.3 Å². The molecule has 7 nitrogen and oxygen atoms in total. The van der Waals surface area contributed by atoms with Crippen molar-refractivity contribution in [3.8, 4) is 0 Å². The van der Waals surface area contributed by atoms with Gasteiger partial charge in [0.15, 0.2) is 11.7 Å². The Balaban J connectivity index is 1.56. The molecular formula is C20H27N5O2. The first-order valence-corrected chi connectivity index (χ1v) is 9.33. The molecule has 2 heterocycles. The van der Waals surface area contributed by atoms with Crippen LogP contribution in [0.25, 0.3) is 0 Å². The summed E-state index contributed by atoms with van der Waals surface area (Å²) in [6.45, 7) is 8.03. The molecule has 3 rings (SSSR count). The van der Waals surface area contributed by atoms with E-state index < -0.39 is 5.91 Å². The summed E-state index contributed by atoms with van der Waals surface area (Å²) in [7, 11) is 0. The lowest BCUT2D eigenvalue weighted by Gasteiger charge is -2.36. The number of hydrogen-bond acceptors (Lipinski definition) is 4. The third-order valence-electron chi connectivity index (χ3n) is 4.54. The number of primary amides is 1. The normalized spacial score (nSPS) is 15.7. The minimum atomic E-state index is -0.563. The summed E-state index contributed by atoms with van der Waals surface area (Å²) < 4.78 is 5.41. The van der Waals surface area contributed by atoms with E-state index in [1.807, 2.05) is 6.07 Å². The van der Waals surface area contributed by atoms with E-state index in [0.717, 1.165) is 45.2 Å². The smallest absolute Gasteiger partial charge is 0.284 e. The number of nitrogens with zero attached hydrogens (tertiary/aromatic N) is 3. The number of carbonyl (C=O) groups excluding carboxylic acids is 1. The number of nitrogens with one attached hydrogen (secondary N) is 1. The number of rotatable bonds is 6. The van der Waals surface area contributed by atoms with Crippen LogP contribution in [0.1, 0.15) is 28.8 Å². The summed E-state index contributed by atoms with van der Waals surface area (Å²) in [5.41, 5.74) is 6.56. The number of benzene rings is 1. The molecule has 0 bridgehead atoms. The van der Waals surface area contributed by atoms with Crippen molar-refractivity contribution in [2.75, 3.05) is 32.7 Å². The first-order chi connectivity index (χ1) is 13.2. The molecular weight excluding hydrogens is 342 g/mol. The second kappa shape index (κ2) is 9.23. The fourth-order valence-corrected chi connectivity index (χ4v) is 3.13. The number of furan rings is 1. The Morgan fingerprint density at radius 3 is 2.52 bits per heavy atom. The molecule has 144 valence electrons. The Kier molecular flexibility index (Phi) is 6.49. The molecule has 2 aromatic rings. The fourth-order valence-electron chi connectivity index (χ4n) is 3.13. The molecule has 0 atom stereocenters. The van der Waals surface area contributed by atoms with Crippen molar-refractivity contribution in [2.45, 2.75) is 20.0 Å². The van der Waals surface area contributed by atoms with Crippen LogP contribution in [-0.2, 0) is 13.1 Å². The molecule has 0 spiro atoms. The standard InChI is InChI=1S/C20H27N5O2/c1-2-22-20(23-14-17-8-9-18(27-17)19(21)26)25-12-10-24(11-13-25)15-16-6-4-3-5-7-16/h3-9H,2,10-15H2,1H3,(H2,21,26)(H,22,23). The summed E-state index contributed by atoms with van der Waals surface area (Å²) in [4.78, 5) is 20.5. The third kappa shape index (κ3) is 5.34. The summed E-state index contributed by atoms with van der Waals surface area (Å²) >= 11 is 0. The van der Waals surface area contributed by atoms with Gasteiger partial charge in [-0.2, -0.15) is 0 Å². The maximum Gasteiger partial charge on any atom is 0.284 e. The SMILES string of the molecule is CCNC(=NCc1ccc(C(N)=O)o1)N1CCN(Cc2ccccc2)CC1. The first-order valence-electron chi connectivity index (χ1n) is 9.33. The van der Waals surface area contributed by atoms with Crippen LogP contribution in [0.3, 0.4) is 0 Å². The van der Waals surface area contributed by atoms with Gasteiger partial charge in [0.2, 0.25) is 0 Å². The molecule has 0 saturated carbocycles. The Labute approximate surface area is 159 Å². The lowest BCUT2D eigenvalue weighted by Crippen LogP contribution is -2.52. The molecule has 0 radical (unpaired) electrons. The van der Waals surface area contributed by atoms with Gasteiger partial charge in [-0.25, -0.2) is 4.99 Å². The Hall–Kier alpha value is -2.80. The maximum absolute atomic E-state index is 11.1. The van der Waals surface area contributed by atoms with Crippen LogP contribution in [0.2, 0.25) is 0 Å². The predicted molar refractivity (Wildman–Crippen MR) is 105 cm³/mol. The highest BCUT2D eigenvalue weighted by atomic mass is 16.3. The van der Waals surface area contributed by atoms with Crippen LogP contribution in [0.15, 0.2) is 51.9 Å². The molecule has 3 N–H and O–H groups in total. The van der Waals surface area contributed by atoms with Gasteiger partial charge >= 0.3 is 0 Å². The Morgan fingerprint density at radius 2 is 1.89 bits per heavy atom. The minimum absolute atomic E-state index is 0.166. The minimum Gasteiger partial charge on any atom is -0.454 e. The number of nitrogens with two attached hydrogens (primary N) is 1. The van der Waals surface area contributed by atoms with E-state index in [9.17, 15) is 4.79 Å². The van der Waals surface area contributed by atoms with Crippen molar-refractivity contribution < 1.29 is 9.21 Å². The van der Waals surface area contributed by atoms with Gasteiger partial charge in [0.25, 0.3) is 5.91 Å². The second-order valence-corrected chi connectivity index (χ2v) is 6.55. The Morgan fingerprint density at radius 1 is 1.15 bits per heavy atom. The van der Waals surface area contributed by atoms with Crippen LogP contribution in [-0.4, -0.2) is 54.4 Å². The molecule has 7 heteroatoms. The van der Waals surface area contributed by atoms with Crippen LogP contribution in [0.5, 0.6) is 0 Å². The summed E-state index contributed by atoms with van der Waals surface area (Å²) in [6.07, 6.45) is 0. The van der Waals surface area contributed by atoms with E-state index in [0.29, 0.717) is 12.3 Å². The van der Waals surface area contributed by atoms with Gasteiger partial charge < -0.3 is 20.4 Å². The number of hydrogen-bond donors (Lipinski definition) is 2. The number of carbonyl (C=O) groups is 1. The molecule has 0 unspecified atom stereocenters. The van der Waals surface area contributed by atoms with Crippen molar-refractivity contribution >= 4 is 11.9 Å². The van der Waals surface area contributed by atoms with E-state index in [-0.39, 0.29) is 5.76 Å². The molecule has 1 aromatic heterocycles. The molecule has 1 saturated heterocycles. The lowest BCUT2D eigenvalue weighted by molar-refractivity contribution is 0.0972. The number of aliphatic imine (C=N–C) groups is 1. The van der Waals surface area contributed by atoms with Crippen molar-refractivity contribution in [2.24, 2.45) is 10.7 Å².